The molecule has 5 nitrogen and oxygen atoms in total. The minimum atomic E-state index is 0.512. The monoisotopic (exact) mass is 208 g/mol. The van der Waals surface area contributed by atoms with Gasteiger partial charge >= 0.3 is 0 Å². The number of guanidine groups is 1. The van der Waals surface area contributed by atoms with Crippen LogP contribution in [0.2, 0.25) is 0 Å². The molecule has 0 amide bonds. The second-order valence-corrected chi connectivity index (χ2v) is 3.92. The molecule has 1 aliphatic rings. The molecule has 0 bridgehead atoms. The van der Waals surface area contributed by atoms with Crippen molar-refractivity contribution in [3.63, 3.8) is 0 Å². The van der Waals surface area contributed by atoms with E-state index < -0.39 is 0 Å². The third-order valence-corrected chi connectivity index (χ3v) is 2.52. The lowest BCUT2D eigenvalue weighted by Crippen LogP contribution is -2.33. The summed E-state index contributed by atoms with van der Waals surface area (Å²) < 4.78 is 5.04. The van der Waals surface area contributed by atoms with Gasteiger partial charge in [0, 0.05) is 11.6 Å². The molecule has 82 valence electrons. The van der Waals surface area contributed by atoms with Crippen LogP contribution in [0.5, 0.6) is 0 Å². The number of nitrogens with two attached hydrogens (primary N) is 1. The van der Waals surface area contributed by atoms with Gasteiger partial charge in [0.1, 0.15) is 5.76 Å². The molecule has 5 heteroatoms. The van der Waals surface area contributed by atoms with Crippen molar-refractivity contribution in [1.82, 2.24) is 10.5 Å². The van der Waals surface area contributed by atoms with E-state index in [9.17, 15) is 0 Å². The van der Waals surface area contributed by atoms with E-state index in [2.05, 4.69) is 15.5 Å². The van der Waals surface area contributed by atoms with Crippen LogP contribution in [0.25, 0.3) is 0 Å². The van der Waals surface area contributed by atoms with Gasteiger partial charge in [0.05, 0.1) is 12.2 Å². The first-order valence-electron chi connectivity index (χ1n) is 5.15. The fourth-order valence-corrected chi connectivity index (χ4v) is 1.37. The van der Waals surface area contributed by atoms with Gasteiger partial charge in [-0.15, -0.1) is 0 Å². The van der Waals surface area contributed by atoms with Gasteiger partial charge in [-0.3, -0.25) is 0 Å². The molecule has 0 spiro atoms. The first-order chi connectivity index (χ1) is 7.16. The molecule has 0 saturated heterocycles. The quantitative estimate of drug-likeness (QED) is 0.570. The Labute approximate surface area is 88.7 Å². The Kier molecular flexibility index (Phi) is 2.62. The Morgan fingerprint density at radius 1 is 1.60 bits per heavy atom. The van der Waals surface area contributed by atoms with Crippen LogP contribution >= 0.6 is 0 Å². The molecule has 1 heterocycles. The van der Waals surface area contributed by atoms with Crippen molar-refractivity contribution in [3.05, 3.63) is 17.0 Å². The average molecular weight is 208 g/mol. The molecule has 15 heavy (non-hydrogen) atoms. The van der Waals surface area contributed by atoms with Gasteiger partial charge in [-0.05, 0) is 26.7 Å². The fraction of sp³-hybridized carbons (Fsp3) is 0.600. The summed E-state index contributed by atoms with van der Waals surface area (Å²) in [6, 6.07) is 0.540. The molecule has 1 saturated carbocycles. The van der Waals surface area contributed by atoms with Crippen LogP contribution in [0.15, 0.2) is 9.52 Å². The predicted molar refractivity (Wildman–Crippen MR) is 57.5 cm³/mol. The van der Waals surface area contributed by atoms with Crippen LogP contribution in [0.3, 0.4) is 0 Å². The van der Waals surface area contributed by atoms with Gasteiger partial charge in [-0.2, -0.15) is 0 Å². The summed E-state index contributed by atoms with van der Waals surface area (Å²) in [5.74, 6) is 1.33. The van der Waals surface area contributed by atoms with Crippen LogP contribution in [0.4, 0.5) is 0 Å². The largest absolute Gasteiger partial charge is 0.370 e. The maximum Gasteiger partial charge on any atom is 0.189 e. The Hall–Kier alpha value is -1.52. The smallest absolute Gasteiger partial charge is 0.189 e. The summed E-state index contributed by atoms with van der Waals surface area (Å²) >= 11 is 0. The number of aromatic nitrogens is 1. The van der Waals surface area contributed by atoms with Gasteiger partial charge in [0.25, 0.3) is 0 Å². The van der Waals surface area contributed by atoms with E-state index in [-0.39, 0.29) is 0 Å². The Morgan fingerprint density at radius 3 is 2.87 bits per heavy atom. The number of aryl methyl sites for hydroxylation is 2. The molecule has 1 aliphatic carbocycles. The number of hydrogen-bond donors (Lipinski definition) is 2. The normalized spacial score (nSPS) is 16.8. The molecule has 1 aromatic rings. The number of nitrogens with one attached hydrogen (secondary N) is 1. The topological polar surface area (TPSA) is 76.4 Å². The summed E-state index contributed by atoms with van der Waals surface area (Å²) in [7, 11) is 0. The molecule has 3 N–H and O–H groups in total. The lowest BCUT2D eigenvalue weighted by atomic mass is 10.2. The maximum atomic E-state index is 5.72. The van der Waals surface area contributed by atoms with E-state index in [0.29, 0.717) is 18.5 Å². The van der Waals surface area contributed by atoms with Gasteiger partial charge in [0.15, 0.2) is 5.96 Å². The minimum absolute atomic E-state index is 0.512. The SMILES string of the molecule is Cc1noc(C)c1CN=C(N)NC1CC1. The van der Waals surface area contributed by atoms with Crippen LogP contribution in [-0.4, -0.2) is 17.2 Å². The maximum absolute atomic E-state index is 5.72. The van der Waals surface area contributed by atoms with Crippen molar-refractivity contribution in [2.24, 2.45) is 10.7 Å². The van der Waals surface area contributed by atoms with Gasteiger partial charge < -0.3 is 15.6 Å². The first-order valence-corrected chi connectivity index (χ1v) is 5.15. The van der Waals surface area contributed by atoms with Crippen molar-refractivity contribution in [2.45, 2.75) is 39.3 Å². The van der Waals surface area contributed by atoms with Gasteiger partial charge in [-0.25, -0.2) is 4.99 Å². The highest BCUT2D eigenvalue weighted by Gasteiger charge is 2.21. The number of nitrogens with zero attached hydrogens (tertiary/aromatic N) is 2. The van der Waals surface area contributed by atoms with E-state index in [0.717, 1.165) is 17.0 Å². The minimum Gasteiger partial charge on any atom is -0.370 e. The molecule has 0 aliphatic heterocycles. The number of hydrogen-bond acceptors (Lipinski definition) is 3. The van der Waals surface area contributed by atoms with E-state index >= 15 is 0 Å². The highest BCUT2D eigenvalue weighted by Crippen LogP contribution is 2.18. The van der Waals surface area contributed by atoms with Crippen LogP contribution in [-0.2, 0) is 6.54 Å². The highest BCUT2D eigenvalue weighted by atomic mass is 16.5. The third-order valence-electron chi connectivity index (χ3n) is 2.52. The zero-order chi connectivity index (χ0) is 10.8. The first kappa shape index (κ1) is 10.0. The van der Waals surface area contributed by atoms with E-state index in [4.69, 9.17) is 10.3 Å². The van der Waals surface area contributed by atoms with Crippen molar-refractivity contribution in [2.75, 3.05) is 0 Å². The van der Waals surface area contributed by atoms with E-state index in [1.807, 2.05) is 13.8 Å². The molecule has 0 radical (unpaired) electrons. The summed E-state index contributed by atoms with van der Waals surface area (Å²) in [4.78, 5) is 4.25. The molecule has 0 atom stereocenters. The summed E-state index contributed by atoms with van der Waals surface area (Å²) in [5.41, 5.74) is 7.63. The number of rotatable bonds is 3. The van der Waals surface area contributed by atoms with Crippen molar-refractivity contribution in [1.29, 1.82) is 0 Å². The summed E-state index contributed by atoms with van der Waals surface area (Å²) in [5, 5.41) is 6.99. The Balaban J connectivity index is 1.96. The molecule has 0 aromatic carbocycles. The average Bonchev–Trinajstić information content (AvgIpc) is 2.93. The molecule has 1 aromatic heterocycles. The van der Waals surface area contributed by atoms with Crippen molar-refractivity contribution in [3.8, 4) is 0 Å². The lowest BCUT2D eigenvalue weighted by molar-refractivity contribution is 0.392. The second kappa shape index (κ2) is 3.92. The Bertz CT molecular complexity index is 359. The predicted octanol–water partition coefficient (Wildman–Crippen LogP) is 0.858. The van der Waals surface area contributed by atoms with Crippen LogP contribution in [0, 0.1) is 13.8 Å². The van der Waals surface area contributed by atoms with Gasteiger partial charge in [0.2, 0.25) is 0 Å². The van der Waals surface area contributed by atoms with Crippen molar-refractivity contribution >= 4 is 5.96 Å². The summed E-state index contributed by atoms with van der Waals surface area (Å²) in [6.45, 7) is 4.33. The molecule has 2 rings (SSSR count). The Morgan fingerprint density at radius 2 is 2.33 bits per heavy atom. The zero-order valence-electron chi connectivity index (χ0n) is 9.08. The van der Waals surface area contributed by atoms with Crippen LogP contribution < -0.4 is 11.1 Å². The molecular formula is C10H16N4O. The highest BCUT2D eigenvalue weighted by molar-refractivity contribution is 5.78. The zero-order valence-corrected chi connectivity index (χ0v) is 9.08. The molecule has 0 unspecified atom stereocenters. The standard InChI is InChI=1S/C10H16N4O/c1-6-9(7(2)15-14-6)5-12-10(11)13-8-3-4-8/h8H,3-5H2,1-2H3,(H3,11,12,13). The summed E-state index contributed by atoms with van der Waals surface area (Å²) in [6.07, 6.45) is 2.39. The fourth-order valence-electron chi connectivity index (χ4n) is 1.37. The van der Waals surface area contributed by atoms with E-state index in [1.54, 1.807) is 0 Å². The van der Waals surface area contributed by atoms with E-state index in [1.165, 1.54) is 12.8 Å². The van der Waals surface area contributed by atoms with Crippen molar-refractivity contribution < 1.29 is 4.52 Å². The van der Waals surface area contributed by atoms with Crippen LogP contribution in [0.1, 0.15) is 29.9 Å². The number of aliphatic imine (C=N–C) groups is 1. The molecule has 1 fully saturated rings. The lowest BCUT2D eigenvalue weighted by Gasteiger charge is -2.02. The molecular weight excluding hydrogens is 192 g/mol. The third kappa shape index (κ3) is 2.49. The van der Waals surface area contributed by atoms with Gasteiger partial charge in [-0.1, -0.05) is 5.16 Å². The second-order valence-electron chi connectivity index (χ2n) is 3.92.